The Morgan fingerprint density at radius 2 is 1.54 bits per heavy atom. The summed E-state index contributed by atoms with van der Waals surface area (Å²) in [6.45, 7) is 3.66. The number of nitrogens with zero attached hydrogens (tertiary/aromatic N) is 3. The Kier molecular flexibility index (Phi) is 4.26. The zero-order valence-electron chi connectivity index (χ0n) is 13.2. The number of aryl methyl sites for hydroxylation is 2. The molecule has 2 aromatic carbocycles. The second kappa shape index (κ2) is 6.37. The highest BCUT2D eigenvalue weighted by molar-refractivity contribution is 7.87. The van der Waals surface area contributed by atoms with Crippen molar-refractivity contribution >= 4 is 10.1 Å². The first kappa shape index (κ1) is 16.1. The van der Waals surface area contributed by atoms with E-state index in [-0.39, 0.29) is 10.6 Å². The van der Waals surface area contributed by atoms with Gasteiger partial charge in [-0.05, 0) is 50.2 Å². The van der Waals surface area contributed by atoms with E-state index in [1.165, 1.54) is 18.5 Å². The predicted octanol–water partition coefficient (Wildman–Crippen LogP) is 2.92. The number of hydrogen-bond acceptors (Lipinski definition) is 6. The summed E-state index contributed by atoms with van der Waals surface area (Å²) in [4.78, 5) is 12.4. The van der Waals surface area contributed by atoms with Crippen LogP contribution in [-0.4, -0.2) is 23.4 Å². The van der Waals surface area contributed by atoms with Crippen LogP contribution in [0.15, 0.2) is 59.8 Å². The molecule has 3 rings (SSSR count). The van der Waals surface area contributed by atoms with Crippen molar-refractivity contribution in [1.29, 1.82) is 0 Å². The van der Waals surface area contributed by atoms with Gasteiger partial charge in [0.2, 0.25) is 0 Å². The maximum absolute atomic E-state index is 12.3. The van der Waals surface area contributed by atoms with E-state index in [1.54, 1.807) is 43.3 Å². The minimum atomic E-state index is -3.86. The predicted molar refractivity (Wildman–Crippen MR) is 89.0 cm³/mol. The lowest BCUT2D eigenvalue weighted by Gasteiger charge is -2.08. The van der Waals surface area contributed by atoms with Crippen LogP contribution >= 0.6 is 0 Å². The largest absolute Gasteiger partial charge is 0.379 e. The average Bonchev–Trinajstić information content (AvgIpc) is 2.55. The Balaban J connectivity index is 1.82. The molecule has 0 unspecified atom stereocenters. The molecule has 0 saturated heterocycles. The van der Waals surface area contributed by atoms with Gasteiger partial charge in [0.1, 0.15) is 22.8 Å². The third kappa shape index (κ3) is 3.57. The summed E-state index contributed by atoms with van der Waals surface area (Å²) < 4.78 is 29.7. The summed E-state index contributed by atoms with van der Waals surface area (Å²) in [5.74, 6) is 1.36. The van der Waals surface area contributed by atoms with Gasteiger partial charge in [0.05, 0.1) is 0 Å². The highest BCUT2D eigenvalue weighted by Gasteiger charge is 2.16. The minimum absolute atomic E-state index is 0.116. The first-order valence-electron chi connectivity index (χ1n) is 7.21. The van der Waals surface area contributed by atoms with Crippen LogP contribution in [-0.2, 0) is 10.1 Å². The number of rotatable bonds is 4. The molecule has 0 aliphatic rings. The van der Waals surface area contributed by atoms with Crippen molar-refractivity contribution in [2.75, 3.05) is 0 Å². The molecular weight excluding hydrogens is 326 g/mol. The van der Waals surface area contributed by atoms with E-state index >= 15 is 0 Å². The Morgan fingerprint density at radius 3 is 2.17 bits per heavy atom. The molecule has 24 heavy (non-hydrogen) atoms. The molecule has 3 aromatic rings. The van der Waals surface area contributed by atoms with Gasteiger partial charge in [-0.1, -0.05) is 17.7 Å². The highest BCUT2D eigenvalue weighted by Crippen LogP contribution is 2.22. The molecule has 0 aliphatic carbocycles. The van der Waals surface area contributed by atoms with Crippen LogP contribution in [0.2, 0.25) is 0 Å². The first-order chi connectivity index (χ1) is 11.4. The van der Waals surface area contributed by atoms with Crippen LogP contribution in [0.25, 0.3) is 11.4 Å². The second-order valence-corrected chi connectivity index (χ2v) is 6.78. The summed E-state index contributed by atoms with van der Waals surface area (Å²) in [5, 5.41) is 0. The Bertz CT molecular complexity index is 953. The molecule has 7 heteroatoms. The molecule has 6 nitrogen and oxygen atoms in total. The van der Waals surface area contributed by atoms with E-state index in [0.717, 1.165) is 11.1 Å². The molecule has 1 aromatic heterocycles. The lowest BCUT2D eigenvalue weighted by molar-refractivity contribution is 0.486. The summed E-state index contributed by atoms with van der Waals surface area (Å²) in [5.41, 5.74) is 1.73. The Morgan fingerprint density at radius 1 is 0.875 bits per heavy atom. The monoisotopic (exact) mass is 341 g/mol. The smallest absolute Gasteiger partial charge is 0.339 e. The van der Waals surface area contributed by atoms with Crippen LogP contribution in [0.5, 0.6) is 5.75 Å². The van der Waals surface area contributed by atoms with Crippen molar-refractivity contribution in [3.63, 3.8) is 0 Å². The zero-order valence-corrected chi connectivity index (χ0v) is 14.0. The number of hydrogen-bond donors (Lipinski definition) is 0. The van der Waals surface area contributed by atoms with E-state index in [1.807, 2.05) is 6.92 Å². The van der Waals surface area contributed by atoms with Crippen molar-refractivity contribution < 1.29 is 12.6 Å². The Labute approximate surface area is 140 Å². The molecule has 0 spiro atoms. The van der Waals surface area contributed by atoms with Gasteiger partial charge < -0.3 is 4.18 Å². The fourth-order valence-corrected chi connectivity index (χ4v) is 2.99. The third-order valence-corrected chi connectivity index (χ3v) is 4.58. The van der Waals surface area contributed by atoms with Crippen LogP contribution in [0, 0.1) is 13.8 Å². The van der Waals surface area contributed by atoms with Gasteiger partial charge >= 0.3 is 10.1 Å². The fourth-order valence-electron chi connectivity index (χ4n) is 2.06. The van der Waals surface area contributed by atoms with Crippen molar-refractivity contribution in [3.8, 4) is 17.1 Å². The van der Waals surface area contributed by atoms with Crippen LogP contribution < -0.4 is 4.18 Å². The lowest BCUT2D eigenvalue weighted by atomic mass is 10.2. The first-order valence-corrected chi connectivity index (χ1v) is 8.62. The van der Waals surface area contributed by atoms with E-state index in [2.05, 4.69) is 15.0 Å². The quantitative estimate of drug-likeness (QED) is 0.679. The highest BCUT2D eigenvalue weighted by atomic mass is 32.2. The summed E-state index contributed by atoms with van der Waals surface area (Å²) in [7, 11) is -3.86. The maximum Gasteiger partial charge on any atom is 0.339 e. The molecular formula is C17H15N3O3S. The van der Waals surface area contributed by atoms with E-state index in [4.69, 9.17) is 4.18 Å². The summed E-state index contributed by atoms with van der Waals surface area (Å²) in [6, 6.07) is 13.0. The van der Waals surface area contributed by atoms with Crippen molar-refractivity contribution in [2.24, 2.45) is 0 Å². The van der Waals surface area contributed by atoms with E-state index in [9.17, 15) is 8.42 Å². The van der Waals surface area contributed by atoms with Gasteiger partial charge in [-0.15, -0.1) is 0 Å². The van der Waals surface area contributed by atoms with E-state index < -0.39 is 10.1 Å². The molecule has 0 bridgehead atoms. The normalized spacial score (nSPS) is 11.2. The molecule has 0 amide bonds. The van der Waals surface area contributed by atoms with Gasteiger partial charge in [-0.3, -0.25) is 0 Å². The van der Waals surface area contributed by atoms with Crippen molar-refractivity contribution in [3.05, 3.63) is 66.2 Å². The average molecular weight is 341 g/mol. The van der Waals surface area contributed by atoms with Crippen LogP contribution in [0.3, 0.4) is 0 Å². The molecule has 122 valence electrons. The number of benzene rings is 2. The maximum atomic E-state index is 12.3. The zero-order chi connectivity index (χ0) is 17.2. The molecule has 0 aliphatic heterocycles. The lowest BCUT2D eigenvalue weighted by Crippen LogP contribution is -2.09. The van der Waals surface area contributed by atoms with Crippen molar-refractivity contribution in [1.82, 2.24) is 15.0 Å². The van der Waals surface area contributed by atoms with Crippen LogP contribution in [0.1, 0.15) is 11.4 Å². The van der Waals surface area contributed by atoms with Gasteiger partial charge in [-0.25, -0.2) is 15.0 Å². The van der Waals surface area contributed by atoms with Gasteiger partial charge in [0, 0.05) is 5.56 Å². The van der Waals surface area contributed by atoms with Gasteiger partial charge in [0.15, 0.2) is 5.82 Å². The second-order valence-electron chi connectivity index (χ2n) is 5.23. The van der Waals surface area contributed by atoms with Crippen LogP contribution in [0.4, 0.5) is 0 Å². The summed E-state index contributed by atoms with van der Waals surface area (Å²) >= 11 is 0. The third-order valence-electron chi connectivity index (χ3n) is 3.32. The topological polar surface area (TPSA) is 82.0 Å². The Hall–Kier alpha value is -2.80. The SMILES string of the molecule is Cc1ccc(S(=O)(=O)Oc2ccc(-c3ncnc(C)n3)cc2)cc1. The summed E-state index contributed by atoms with van der Waals surface area (Å²) in [6.07, 6.45) is 1.43. The molecule has 0 saturated carbocycles. The fraction of sp³-hybridized carbons (Fsp3) is 0.118. The molecule has 0 N–H and O–H groups in total. The van der Waals surface area contributed by atoms with Gasteiger partial charge in [0.25, 0.3) is 0 Å². The van der Waals surface area contributed by atoms with Crippen molar-refractivity contribution in [2.45, 2.75) is 18.7 Å². The molecule has 0 radical (unpaired) electrons. The van der Waals surface area contributed by atoms with Gasteiger partial charge in [-0.2, -0.15) is 8.42 Å². The standard InChI is InChI=1S/C17H15N3O3S/c1-12-3-9-16(10-4-12)24(21,22)23-15-7-5-14(6-8-15)17-19-11-18-13(2)20-17/h3-11H,1-2H3. The molecule has 1 heterocycles. The molecule has 0 atom stereocenters. The molecule has 0 fully saturated rings. The number of aromatic nitrogens is 3. The minimum Gasteiger partial charge on any atom is -0.379 e. The van der Waals surface area contributed by atoms with E-state index in [0.29, 0.717) is 11.6 Å².